The van der Waals surface area contributed by atoms with Crippen molar-refractivity contribution in [1.29, 1.82) is 0 Å². The van der Waals surface area contributed by atoms with Crippen LogP contribution >= 0.6 is 0 Å². The smallest absolute Gasteiger partial charge is 0.410 e. The molecular formula is C31H31NO2. The zero-order chi connectivity index (χ0) is 23.2. The van der Waals surface area contributed by atoms with Gasteiger partial charge in [0.1, 0.15) is 6.61 Å². The van der Waals surface area contributed by atoms with Crippen LogP contribution in [0.15, 0.2) is 78.4 Å². The van der Waals surface area contributed by atoms with Crippen molar-refractivity contribution in [3.63, 3.8) is 0 Å². The van der Waals surface area contributed by atoms with Gasteiger partial charge < -0.3 is 4.74 Å². The number of amides is 1. The highest BCUT2D eigenvalue weighted by Crippen LogP contribution is 2.45. The quantitative estimate of drug-likeness (QED) is 0.403. The first-order chi connectivity index (χ1) is 16.6. The van der Waals surface area contributed by atoms with Crippen LogP contribution in [-0.4, -0.2) is 29.7 Å². The Labute approximate surface area is 202 Å². The van der Waals surface area contributed by atoms with E-state index in [4.69, 9.17) is 4.74 Å². The number of carbonyl (C=O) groups is 1. The van der Waals surface area contributed by atoms with Crippen molar-refractivity contribution in [1.82, 2.24) is 4.90 Å². The molecule has 0 saturated carbocycles. The average Bonchev–Trinajstić information content (AvgIpc) is 3.32. The molecule has 3 aromatic carbocycles. The van der Waals surface area contributed by atoms with E-state index in [-0.39, 0.29) is 24.1 Å². The zero-order valence-corrected chi connectivity index (χ0v) is 20.0. The first-order valence-electron chi connectivity index (χ1n) is 12.5. The lowest BCUT2D eigenvalue weighted by Crippen LogP contribution is -2.44. The molecule has 0 spiro atoms. The van der Waals surface area contributed by atoms with Gasteiger partial charge >= 0.3 is 6.09 Å². The van der Waals surface area contributed by atoms with Gasteiger partial charge in [-0.3, -0.25) is 4.90 Å². The minimum atomic E-state index is -0.156. The molecule has 2 bridgehead atoms. The minimum Gasteiger partial charge on any atom is -0.448 e. The molecule has 0 N–H and O–H groups in total. The Kier molecular flexibility index (Phi) is 5.28. The Hall–Kier alpha value is -3.33. The van der Waals surface area contributed by atoms with Gasteiger partial charge in [0.2, 0.25) is 0 Å². The van der Waals surface area contributed by atoms with Gasteiger partial charge in [-0.2, -0.15) is 0 Å². The molecule has 3 aromatic rings. The molecule has 1 aliphatic carbocycles. The second-order valence-electron chi connectivity index (χ2n) is 10.1. The molecule has 2 heterocycles. The van der Waals surface area contributed by atoms with Crippen molar-refractivity contribution >= 4 is 6.09 Å². The summed E-state index contributed by atoms with van der Waals surface area (Å²) in [6, 6.07) is 24.0. The van der Waals surface area contributed by atoms with E-state index in [9.17, 15) is 4.79 Å². The SMILES string of the molecule is Cc1cccc(CC2=CC3CCC(C2)N3C(=O)OCC2c3ccccc3-c3ccccc32)c1C. The first-order valence-corrected chi connectivity index (χ1v) is 12.5. The van der Waals surface area contributed by atoms with Crippen LogP contribution in [0.4, 0.5) is 4.79 Å². The Balaban J connectivity index is 1.17. The van der Waals surface area contributed by atoms with Crippen molar-refractivity contribution < 1.29 is 9.53 Å². The Morgan fingerprint density at radius 1 is 0.912 bits per heavy atom. The standard InChI is InChI=1S/C31H31NO2/c1-20-8-7-9-23(21(20)2)16-22-17-24-14-15-25(18-22)32(24)31(33)34-19-30-28-12-5-3-10-26(28)27-11-4-6-13-29(27)30/h3-13,17,24-25,30H,14-16,18-19H2,1-2H3. The van der Waals surface area contributed by atoms with E-state index in [1.807, 2.05) is 4.90 Å². The molecule has 6 rings (SSSR count). The second-order valence-corrected chi connectivity index (χ2v) is 10.1. The summed E-state index contributed by atoms with van der Waals surface area (Å²) >= 11 is 0. The molecule has 3 nitrogen and oxygen atoms in total. The maximum absolute atomic E-state index is 13.3. The van der Waals surface area contributed by atoms with Crippen molar-refractivity contribution in [3.05, 3.63) is 106 Å². The highest BCUT2D eigenvalue weighted by atomic mass is 16.6. The molecule has 2 aliphatic heterocycles. The number of hydrogen-bond acceptors (Lipinski definition) is 2. The lowest BCUT2D eigenvalue weighted by molar-refractivity contribution is 0.0849. The molecule has 1 fully saturated rings. The summed E-state index contributed by atoms with van der Waals surface area (Å²) in [4.78, 5) is 15.3. The molecule has 2 atom stereocenters. The highest BCUT2D eigenvalue weighted by Gasteiger charge is 2.41. The predicted octanol–water partition coefficient (Wildman–Crippen LogP) is 6.96. The molecule has 3 heteroatoms. The van der Waals surface area contributed by atoms with E-state index < -0.39 is 0 Å². The number of rotatable bonds is 4. The summed E-state index contributed by atoms with van der Waals surface area (Å²) in [5, 5.41) is 0. The van der Waals surface area contributed by atoms with Crippen LogP contribution in [0.2, 0.25) is 0 Å². The van der Waals surface area contributed by atoms with Gasteiger partial charge in [0.05, 0.1) is 6.04 Å². The third kappa shape index (κ3) is 3.55. The zero-order valence-electron chi connectivity index (χ0n) is 20.0. The first kappa shape index (κ1) is 21.2. The van der Waals surface area contributed by atoms with Crippen LogP contribution in [-0.2, 0) is 11.2 Å². The summed E-state index contributed by atoms with van der Waals surface area (Å²) in [5.41, 5.74) is 10.6. The van der Waals surface area contributed by atoms with Crippen molar-refractivity contribution in [2.75, 3.05) is 6.61 Å². The van der Waals surface area contributed by atoms with Gasteiger partial charge in [-0.1, -0.05) is 78.4 Å². The van der Waals surface area contributed by atoms with Gasteiger partial charge in [-0.05, 0) is 78.5 Å². The fraction of sp³-hybridized carbons (Fsp3) is 0.323. The van der Waals surface area contributed by atoms with Gasteiger partial charge in [-0.25, -0.2) is 4.79 Å². The molecule has 172 valence electrons. The number of benzene rings is 3. The highest BCUT2D eigenvalue weighted by molar-refractivity contribution is 5.79. The molecule has 1 saturated heterocycles. The number of carbonyl (C=O) groups excluding carboxylic acids is 1. The van der Waals surface area contributed by atoms with E-state index >= 15 is 0 Å². The van der Waals surface area contributed by atoms with Gasteiger partial charge in [-0.15, -0.1) is 0 Å². The van der Waals surface area contributed by atoms with Crippen LogP contribution in [0.5, 0.6) is 0 Å². The van der Waals surface area contributed by atoms with Crippen molar-refractivity contribution in [2.45, 2.75) is 57.5 Å². The molecule has 2 unspecified atom stereocenters. The van der Waals surface area contributed by atoms with E-state index in [0.29, 0.717) is 6.61 Å². The number of aryl methyl sites for hydroxylation is 1. The number of nitrogens with zero attached hydrogens (tertiary/aromatic N) is 1. The van der Waals surface area contributed by atoms with Crippen LogP contribution in [0.3, 0.4) is 0 Å². The predicted molar refractivity (Wildman–Crippen MR) is 136 cm³/mol. The summed E-state index contributed by atoms with van der Waals surface area (Å²) in [5.74, 6) is 0.106. The monoisotopic (exact) mass is 449 g/mol. The molecular weight excluding hydrogens is 418 g/mol. The van der Waals surface area contributed by atoms with Gasteiger partial charge in [0.25, 0.3) is 0 Å². The average molecular weight is 450 g/mol. The largest absolute Gasteiger partial charge is 0.448 e. The fourth-order valence-electron chi connectivity index (χ4n) is 6.25. The normalized spacial score (nSPS) is 20.6. The fourth-order valence-corrected chi connectivity index (χ4v) is 6.25. The second kappa shape index (κ2) is 8.47. The molecule has 0 aromatic heterocycles. The Morgan fingerprint density at radius 3 is 2.32 bits per heavy atom. The minimum absolute atomic E-state index is 0.106. The maximum Gasteiger partial charge on any atom is 0.410 e. The third-order valence-corrected chi connectivity index (χ3v) is 8.15. The van der Waals surface area contributed by atoms with Crippen molar-refractivity contribution in [3.8, 4) is 11.1 Å². The summed E-state index contributed by atoms with van der Waals surface area (Å²) in [6.45, 7) is 4.78. The third-order valence-electron chi connectivity index (χ3n) is 8.15. The summed E-state index contributed by atoms with van der Waals surface area (Å²) < 4.78 is 6.01. The summed E-state index contributed by atoms with van der Waals surface area (Å²) in [6.07, 6.45) is 6.21. The molecule has 3 aliphatic rings. The van der Waals surface area contributed by atoms with E-state index in [1.165, 1.54) is 44.5 Å². The summed E-state index contributed by atoms with van der Waals surface area (Å²) in [7, 11) is 0. The van der Waals surface area contributed by atoms with Crippen LogP contribution in [0.25, 0.3) is 11.1 Å². The molecule has 1 amide bonds. The van der Waals surface area contributed by atoms with E-state index in [0.717, 1.165) is 25.7 Å². The lowest BCUT2D eigenvalue weighted by Gasteiger charge is -2.33. The lowest BCUT2D eigenvalue weighted by atomic mass is 9.92. The van der Waals surface area contributed by atoms with Crippen LogP contribution in [0.1, 0.15) is 53.0 Å². The van der Waals surface area contributed by atoms with Crippen LogP contribution in [0, 0.1) is 13.8 Å². The number of ether oxygens (including phenoxy) is 1. The Bertz CT molecular complexity index is 1240. The van der Waals surface area contributed by atoms with E-state index in [1.54, 1.807) is 0 Å². The van der Waals surface area contributed by atoms with Gasteiger partial charge in [0.15, 0.2) is 0 Å². The Morgan fingerprint density at radius 2 is 1.62 bits per heavy atom. The number of hydrogen-bond donors (Lipinski definition) is 0. The molecule has 34 heavy (non-hydrogen) atoms. The number of fused-ring (bicyclic) bond motifs is 5. The van der Waals surface area contributed by atoms with Crippen molar-refractivity contribution in [2.24, 2.45) is 0 Å². The maximum atomic E-state index is 13.3. The van der Waals surface area contributed by atoms with Crippen LogP contribution < -0.4 is 0 Å². The molecule has 0 radical (unpaired) electrons. The van der Waals surface area contributed by atoms with Gasteiger partial charge in [0, 0.05) is 12.0 Å². The topological polar surface area (TPSA) is 29.5 Å². The van der Waals surface area contributed by atoms with E-state index in [2.05, 4.69) is 86.7 Å².